The lowest BCUT2D eigenvalue weighted by Crippen LogP contribution is -2.59. The maximum atomic E-state index is 12.5. The van der Waals surface area contributed by atoms with Gasteiger partial charge in [-0.1, -0.05) is 19.8 Å². The van der Waals surface area contributed by atoms with Crippen LogP contribution in [-0.2, 0) is 4.79 Å². The molecule has 1 amide bonds. The molecule has 3 N–H and O–H groups in total. The molecule has 1 saturated heterocycles. The number of nitrogens with two attached hydrogens (primary N) is 1. The lowest BCUT2D eigenvalue weighted by Gasteiger charge is -2.41. The number of aliphatic hydroxyl groups excluding tert-OH is 1. The van der Waals surface area contributed by atoms with Crippen molar-refractivity contribution in [1.82, 2.24) is 4.90 Å². The van der Waals surface area contributed by atoms with Gasteiger partial charge < -0.3 is 15.7 Å². The summed E-state index contributed by atoms with van der Waals surface area (Å²) in [4.78, 5) is 14.2. The number of rotatable bonds is 1. The monoisotopic (exact) mass is 240 g/mol. The average Bonchev–Trinajstić information content (AvgIpc) is 2.27. The van der Waals surface area contributed by atoms with Gasteiger partial charge >= 0.3 is 0 Å². The molecule has 17 heavy (non-hydrogen) atoms. The van der Waals surface area contributed by atoms with Crippen LogP contribution in [-0.4, -0.2) is 40.6 Å². The first-order valence-electron chi connectivity index (χ1n) is 6.77. The van der Waals surface area contributed by atoms with E-state index < -0.39 is 5.54 Å². The zero-order chi connectivity index (χ0) is 12.5. The van der Waals surface area contributed by atoms with Gasteiger partial charge in [0.25, 0.3) is 0 Å². The minimum absolute atomic E-state index is 0.0581. The molecular weight excluding hydrogens is 216 g/mol. The van der Waals surface area contributed by atoms with E-state index in [1.807, 2.05) is 0 Å². The molecule has 1 heterocycles. The van der Waals surface area contributed by atoms with Crippen LogP contribution in [0.25, 0.3) is 0 Å². The highest BCUT2D eigenvalue weighted by molar-refractivity contribution is 5.86. The maximum absolute atomic E-state index is 12.5. The first-order valence-corrected chi connectivity index (χ1v) is 6.77. The Bertz CT molecular complexity index is 295. The summed E-state index contributed by atoms with van der Waals surface area (Å²) in [7, 11) is 0. The third-order valence-corrected chi connectivity index (χ3v) is 4.14. The minimum atomic E-state index is -0.672. The molecule has 4 heteroatoms. The van der Waals surface area contributed by atoms with Crippen LogP contribution in [0.1, 0.15) is 45.4 Å². The van der Waals surface area contributed by atoms with Crippen LogP contribution < -0.4 is 5.73 Å². The summed E-state index contributed by atoms with van der Waals surface area (Å²) >= 11 is 0. The molecule has 1 aliphatic carbocycles. The normalized spacial score (nSPS) is 39.1. The van der Waals surface area contributed by atoms with Crippen molar-refractivity contribution in [2.24, 2.45) is 11.7 Å². The fourth-order valence-corrected chi connectivity index (χ4v) is 3.24. The lowest BCUT2D eigenvalue weighted by molar-refractivity contribution is -0.141. The van der Waals surface area contributed by atoms with Gasteiger partial charge in [-0.15, -0.1) is 0 Å². The van der Waals surface area contributed by atoms with Crippen molar-refractivity contribution < 1.29 is 9.90 Å². The Kier molecular flexibility index (Phi) is 3.73. The highest BCUT2D eigenvalue weighted by Gasteiger charge is 2.41. The number of nitrogens with zero attached hydrogens (tertiary/aromatic N) is 1. The zero-order valence-electron chi connectivity index (χ0n) is 10.7. The summed E-state index contributed by atoms with van der Waals surface area (Å²) in [6.07, 6.45) is 5.13. The van der Waals surface area contributed by atoms with Gasteiger partial charge in [0.1, 0.15) is 0 Å². The number of amides is 1. The molecule has 2 fully saturated rings. The summed E-state index contributed by atoms with van der Waals surface area (Å²) in [5.74, 6) is 0.593. The topological polar surface area (TPSA) is 66.6 Å². The molecular formula is C13H24N2O2. The van der Waals surface area contributed by atoms with E-state index in [4.69, 9.17) is 5.73 Å². The van der Waals surface area contributed by atoms with Crippen molar-refractivity contribution in [2.45, 2.75) is 57.1 Å². The van der Waals surface area contributed by atoms with Gasteiger partial charge in [-0.25, -0.2) is 0 Å². The molecule has 1 saturated carbocycles. The highest BCUT2D eigenvalue weighted by Crippen LogP contribution is 2.32. The fourth-order valence-electron chi connectivity index (χ4n) is 3.24. The summed E-state index contributed by atoms with van der Waals surface area (Å²) in [5.41, 5.74) is 5.62. The van der Waals surface area contributed by atoms with Crippen molar-refractivity contribution in [3.8, 4) is 0 Å². The Morgan fingerprint density at radius 2 is 2.18 bits per heavy atom. The average molecular weight is 240 g/mol. The number of likely N-dealkylation sites (tertiary alicyclic amines) is 1. The summed E-state index contributed by atoms with van der Waals surface area (Å²) in [6.45, 7) is 3.38. The minimum Gasteiger partial charge on any atom is -0.391 e. The maximum Gasteiger partial charge on any atom is 0.242 e. The molecule has 2 aliphatic rings. The first kappa shape index (κ1) is 12.8. The molecule has 0 radical (unpaired) electrons. The smallest absolute Gasteiger partial charge is 0.242 e. The van der Waals surface area contributed by atoms with Gasteiger partial charge in [0.15, 0.2) is 0 Å². The molecule has 2 rings (SSSR count). The van der Waals surface area contributed by atoms with Gasteiger partial charge in [-0.3, -0.25) is 4.79 Å². The van der Waals surface area contributed by atoms with E-state index in [1.54, 1.807) is 4.90 Å². The van der Waals surface area contributed by atoms with Crippen molar-refractivity contribution in [3.63, 3.8) is 0 Å². The van der Waals surface area contributed by atoms with Crippen LogP contribution in [0.15, 0.2) is 0 Å². The second-order valence-electron chi connectivity index (χ2n) is 5.90. The van der Waals surface area contributed by atoms with Crippen molar-refractivity contribution in [3.05, 3.63) is 0 Å². The van der Waals surface area contributed by atoms with Crippen molar-refractivity contribution >= 4 is 5.91 Å². The van der Waals surface area contributed by atoms with E-state index in [2.05, 4.69) is 6.92 Å². The highest BCUT2D eigenvalue weighted by atomic mass is 16.3. The van der Waals surface area contributed by atoms with E-state index in [-0.39, 0.29) is 12.0 Å². The molecule has 0 aromatic heterocycles. The van der Waals surface area contributed by atoms with Crippen LogP contribution in [0.4, 0.5) is 0 Å². The number of carbonyl (C=O) groups excluding carboxylic acids is 1. The molecule has 4 nitrogen and oxygen atoms in total. The third-order valence-electron chi connectivity index (χ3n) is 4.14. The fraction of sp³-hybridized carbons (Fsp3) is 0.923. The number of hydrogen-bond acceptors (Lipinski definition) is 3. The standard InChI is InChI=1S/C13H24N2O2/c1-10-4-2-6-13(14,8-10)12(17)15-7-3-5-11(16)9-15/h10-11,16H,2-9,14H2,1H3/t10?,11-,13?/m0/s1. The summed E-state index contributed by atoms with van der Waals surface area (Å²) in [5, 5.41) is 9.63. The third kappa shape index (κ3) is 2.80. The SMILES string of the molecule is CC1CCCC(N)(C(=O)N2CCC[C@H](O)C2)C1. The van der Waals surface area contributed by atoms with Crippen molar-refractivity contribution in [1.29, 1.82) is 0 Å². The van der Waals surface area contributed by atoms with E-state index >= 15 is 0 Å². The predicted molar refractivity (Wildman–Crippen MR) is 66.4 cm³/mol. The number of aliphatic hydroxyl groups is 1. The molecule has 0 bridgehead atoms. The second kappa shape index (κ2) is 4.94. The largest absolute Gasteiger partial charge is 0.391 e. The Labute approximate surface area is 103 Å². The van der Waals surface area contributed by atoms with Gasteiger partial charge in [0.05, 0.1) is 11.6 Å². The Morgan fingerprint density at radius 3 is 2.82 bits per heavy atom. The van der Waals surface area contributed by atoms with Crippen molar-refractivity contribution in [2.75, 3.05) is 13.1 Å². The first-order chi connectivity index (χ1) is 8.01. The second-order valence-corrected chi connectivity index (χ2v) is 5.90. The van der Waals surface area contributed by atoms with E-state index in [0.29, 0.717) is 12.5 Å². The van der Waals surface area contributed by atoms with Crippen LogP contribution in [0, 0.1) is 5.92 Å². The molecule has 0 aromatic rings. The number of piperidine rings is 1. The van der Waals surface area contributed by atoms with Gasteiger partial charge in [-0.2, -0.15) is 0 Å². The van der Waals surface area contributed by atoms with E-state index in [9.17, 15) is 9.90 Å². The number of carbonyl (C=O) groups is 1. The van der Waals surface area contributed by atoms with Gasteiger partial charge in [0, 0.05) is 13.1 Å². The number of hydrogen-bond donors (Lipinski definition) is 2. The molecule has 98 valence electrons. The van der Waals surface area contributed by atoms with Crippen LogP contribution >= 0.6 is 0 Å². The Hall–Kier alpha value is -0.610. The van der Waals surface area contributed by atoms with Crippen LogP contribution in [0.2, 0.25) is 0 Å². The molecule has 1 aliphatic heterocycles. The van der Waals surface area contributed by atoms with Crippen LogP contribution in [0.5, 0.6) is 0 Å². The van der Waals surface area contributed by atoms with Crippen LogP contribution in [0.3, 0.4) is 0 Å². The predicted octanol–water partition coefficient (Wildman–Crippen LogP) is 0.877. The summed E-state index contributed by atoms with van der Waals surface area (Å²) < 4.78 is 0. The molecule has 3 atom stereocenters. The zero-order valence-corrected chi connectivity index (χ0v) is 10.7. The molecule has 2 unspecified atom stereocenters. The van der Waals surface area contributed by atoms with E-state index in [0.717, 1.165) is 38.6 Å². The van der Waals surface area contributed by atoms with Gasteiger partial charge in [-0.05, 0) is 31.6 Å². The Morgan fingerprint density at radius 1 is 1.41 bits per heavy atom. The van der Waals surface area contributed by atoms with E-state index in [1.165, 1.54) is 6.42 Å². The lowest BCUT2D eigenvalue weighted by atomic mass is 9.76. The molecule has 0 aromatic carbocycles. The quantitative estimate of drug-likeness (QED) is 0.715. The van der Waals surface area contributed by atoms with Gasteiger partial charge in [0.2, 0.25) is 5.91 Å². The summed E-state index contributed by atoms with van der Waals surface area (Å²) in [6, 6.07) is 0. The molecule has 0 spiro atoms. The Balaban J connectivity index is 2.02. The number of β-amino-alcohol motifs (C(OH)–C–C–N with tert-alkyl or cyclic N) is 1.